The molecule has 0 heterocycles. The van der Waals surface area contributed by atoms with E-state index in [1.54, 1.807) is 30.3 Å². The van der Waals surface area contributed by atoms with Gasteiger partial charge < -0.3 is 4.74 Å². The van der Waals surface area contributed by atoms with Crippen LogP contribution < -0.4 is 14.5 Å². The predicted octanol–water partition coefficient (Wildman–Crippen LogP) is 4.06. The van der Waals surface area contributed by atoms with E-state index in [9.17, 15) is 26.4 Å². The van der Waals surface area contributed by atoms with Crippen LogP contribution >= 0.6 is 0 Å². The number of anilines is 1. The summed E-state index contributed by atoms with van der Waals surface area (Å²) in [6.07, 6.45) is -3.48. The topological polar surface area (TPSA) is 88.1 Å². The van der Waals surface area contributed by atoms with Crippen LogP contribution in [0.15, 0.2) is 88.9 Å². The Bertz CT molecular complexity index is 1280. The number of methoxy groups -OCH3 is 1. The van der Waals surface area contributed by atoms with Crippen LogP contribution in [0, 0.1) is 0 Å². The Morgan fingerprint density at radius 1 is 1.03 bits per heavy atom. The lowest BCUT2D eigenvalue weighted by molar-refractivity contribution is -0.137. The summed E-state index contributed by atoms with van der Waals surface area (Å²) in [5, 5.41) is 3.66. The Balaban J connectivity index is 1.82. The van der Waals surface area contributed by atoms with E-state index in [2.05, 4.69) is 10.5 Å². The molecule has 3 rings (SSSR count). The molecule has 0 saturated carbocycles. The van der Waals surface area contributed by atoms with Crippen LogP contribution in [0.25, 0.3) is 0 Å². The second kappa shape index (κ2) is 10.4. The van der Waals surface area contributed by atoms with Gasteiger partial charge in [-0.25, -0.2) is 13.8 Å². The summed E-state index contributed by atoms with van der Waals surface area (Å²) >= 11 is 0. The molecule has 0 aliphatic heterocycles. The fourth-order valence-corrected chi connectivity index (χ4v) is 4.37. The first-order valence-electron chi connectivity index (χ1n) is 9.82. The monoisotopic (exact) mass is 491 g/mol. The number of rotatable bonds is 8. The van der Waals surface area contributed by atoms with E-state index in [-0.39, 0.29) is 16.1 Å². The predicted molar refractivity (Wildman–Crippen MR) is 121 cm³/mol. The van der Waals surface area contributed by atoms with Crippen molar-refractivity contribution in [2.75, 3.05) is 18.0 Å². The van der Waals surface area contributed by atoms with Crippen LogP contribution in [-0.2, 0) is 21.0 Å². The van der Waals surface area contributed by atoms with Crippen molar-refractivity contribution in [2.45, 2.75) is 11.1 Å². The van der Waals surface area contributed by atoms with Crippen molar-refractivity contribution in [3.8, 4) is 5.75 Å². The highest BCUT2D eigenvalue weighted by Crippen LogP contribution is 2.29. The molecule has 34 heavy (non-hydrogen) atoms. The van der Waals surface area contributed by atoms with Crippen molar-refractivity contribution >= 4 is 27.8 Å². The van der Waals surface area contributed by atoms with Crippen molar-refractivity contribution in [1.29, 1.82) is 0 Å². The first-order chi connectivity index (χ1) is 16.1. The lowest BCUT2D eigenvalue weighted by Gasteiger charge is -2.24. The molecule has 3 aromatic carbocycles. The SMILES string of the molecule is COc1cccc(N(CC(=O)N/N=C\c2cccc(C(F)(F)F)c2)S(=O)(=O)c2ccccc2)c1. The molecule has 0 atom stereocenters. The summed E-state index contributed by atoms with van der Waals surface area (Å²) in [5.74, 6) is -0.417. The van der Waals surface area contributed by atoms with E-state index in [0.29, 0.717) is 5.75 Å². The number of hydrazone groups is 1. The van der Waals surface area contributed by atoms with Gasteiger partial charge in [0.25, 0.3) is 15.9 Å². The van der Waals surface area contributed by atoms with E-state index in [1.165, 1.54) is 43.5 Å². The van der Waals surface area contributed by atoms with E-state index < -0.39 is 34.2 Å². The number of nitrogens with one attached hydrogen (secondary N) is 1. The second-order valence-corrected chi connectivity index (χ2v) is 8.80. The lowest BCUT2D eigenvalue weighted by atomic mass is 10.1. The number of ether oxygens (including phenoxy) is 1. The molecule has 0 aliphatic carbocycles. The molecule has 0 bridgehead atoms. The summed E-state index contributed by atoms with van der Waals surface area (Å²) in [7, 11) is -2.71. The molecular weight excluding hydrogens is 471 g/mol. The Labute approximate surface area is 194 Å². The van der Waals surface area contributed by atoms with Gasteiger partial charge in [0, 0.05) is 6.07 Å². The maximum absolute atomic E-state index is 13.3. The molecule has 0 aliphatic rings. The molecule has 1 N–H and O–H groups in total. The van der Waals surface area contributed by atoms with Gasteiger partial charge in [-0.2, -0.15) is 18.3 Å². The lowest BCUT2D eigenvalue weighted by Crippen LogP contribution is -2.39. The summed E-state index contributed by atoms with van der Waals surface area (Å²) < 4.78 is 71.1. The summed E-state index contributed by atoms with van der Waals surface area (Å²) in [4.78, 5) is 12.5. The minimum absolute atomic E-state index is 0.0295. The minimum Gasteiger partial charge on any atom is -0.497 e. The molecule has 0 spiro atoms. The zero-order chi connectivity index (χ0) is 24.8. The Morgan fingerprint density at radius 3 is 2.41 bits per heavy atom. The highest BCUT2D eigenvalue weighted by Gasteiger charge is 2.30. The Morgan fingerprint density at radius 2 is 1.74 bits per heavy atom. The maximum Gasteiger partial charge on any atom is 0.416 e. The first-order valence-corrected chi connectivity index (χ1v) is 11.3. The normalized spacial score (nSPS) is 11.9. The largest absolute Gasteiger partial charge is 0.497 e. The van der Waals surface area contributed by atoms with E-state index in [0.717, 1.165) is 22.7 Å². The molecule has 3 aromatic rings. The number of carbonyl (C=O) groups excluding carboxylic acids is 1. The Kier molecular flexibility index (Phi) is 7.57. The van der Waals surface area contributed by atoms with Crippen molar-refractivity contribution in [3.63, 3.8) is 0 Å². The maximum atomic E-state index is 13.3. The number of amides is 1. The fraction of sp³-hybridized carbons (Fsp3) is 0.130. The summed E-state index contributed by atoms with van der Waals surface area (Å²) in [6.45, 7) is -0.635. The molecule has 1 amide bonds. The smallest absolute Gasteiger partial charge is 0.416 e. The molecule has 11 heteroatoms. The summed E-state index contributed by atoms with van der Waals surface area (Å²) in [5.41, 5.74) is 1.58. The molecule has 0 aromatic heterocycles. The number of carbonyl (C=O) groups is 1. The molecule has 0 unspecified atom stereocenters. The Hall–Kier alpha value is -3.86. The number of alkyl halides is 3. The average Bonchev–Trinajstić information content (AvgIpc) is 2.82. The van der Waals surface area contributed by atoms with Crippen molar-refractivity contribution < 1.29 is 31.1 Å². The first kappa shape index (κ1) is 24.8. The van der Waals surface area contributed by atoms with Crippen LogP contribution in [0.5, 0.6) is 5.75 Å². The van der Waals surface area contributed by atoms with Crippen LogP contribution in [-0.4, -0.2) is 34.2 Å². The molecule has 0 radical (unpaired) electrons. The minimum atomic E-state index is -4.52. The van der Waals surface area contributed by atoms with E-state index in [4.69, 9.17) is 4.74 Å². The third-order valence-electron chi connectivity index (χ3n) is 4.58. The molecular formula is C23H20F3N3O4S. The molecule has 178 valence electrons. The number of benzene rings is 3. The summed E-state index contributed by atoms with van der Waals surface area (Å²) in [6, 6.07) is 18.1. The number of halogens is 3. The fourth-order valence-electron chi connectivity index (χ4n) is 2.94. The van der Waals surface area contributed by atoms with Gasteiger partial charge in [-0.05, 0) is 42.0 Å². The van der Waals surface area contributed by atoms with Crippen LogP contribution in [0.4, 0.5) is 18.9 Å². The van der Waals surface area contributed by atoms with Crippen LogP contribution in [0.3, 0.4) is 0 Å². The zero-order valence-corrected chi connectivity index (χ0v) is 18.7. The standard InChI is InChI=1S/C23H20F3N3O4S/c1-33-20-10-6-9-19(14-20)29(34(31,32)21-11-3-2-4-12-21)16-22(30)28-27-15-17-7-5-8-18(13-17)23(24,25)26/h2-15H,16H2,1H3,(H,28,30)/b27-15-. The van der Waals surface area contributed by atoms with Crippen LogP contribution in [0.1, 0.15) is 11.1 Å². The third kappa shape index (κ3) is 6.13. The van der Waals surface area contributed by atoms with Gasteiger partial charge in [-0.3, -0.25) is 9.10 Å². The van der Waals surface area contributed by atoms with Crippen molar-refractivity contribution in [3.05, 3.63) is 90.0 Å². The number of nitrogens with zero attached hydrogens (tertiary/aromatic N) is 2. The van der Waals surface area contributed by atoms with E-state index >= 15 is 0 Å². The highest BCUT2D eigenvalue weighted by molar-refractivity contribution is 7.92. The van der Waals surface area contributed by atoms with Gasteiger partial charge in [-0.1, -0.05) is 36.4 Å². The van der Waals surface area contributed by atoms with Gasteiger partial charge in [0.2, 0.25) is 0 Å². The van der Waals surface area contributed by atoms with Crippen molar-refractivity contribution in [2.24, 2.45) is 5.10 Å². The van der Waals surface area contributed by atoms with Gasteiger partial charge in [0.15, 0.2) is 0 Å². The van der Waals surface area contributed by atoms with Crippen molar-refractivity contribution in [1.82, 2.24) is 5.43 Å². The van der Waals surface area contributed by atoms with Gasteiger partial charge in [-0.15, -0.1) is 0 Å². The second-order valence-electron chi connectivity index (χ2n) is 6.94. The molecule has 0 fully saturated rings. The zero-order valence-electron chi connectivity index (χ0n) is 17.9. The van der Waals surface area contributed by atoms with Gasteiger partial charge >= 0.3 is 6.18 Å². The quantitative estimate of drug-likeness (QED) is 0.380. The number of hydrogen-bond acceptors (Lipinski definition) is 5. The highest BCUT2D eigenvalue weighted by atomic mass is 32.2. The molecule has 0 saturated heterocycles. The number of hydrogen-bond donors (Lipinski definition) is 1. The third-order valence-corrected chi connectivity index (χ3v) is 6.36. The average molecular weight is 491 g/mol. The number of sulfonamides is 1. The molecule has 7 nitrogen and oxygen atoms in total. The van der Waals surface area contributed by atoms with Gasteiger partial charge in [0.05, 0.1) is 29.5 Å². The van der Waals surface area contributed by atoms with Crippen LogP contribution in [0.2, 0.25) is 0 Å². The van der Waals surface area contributed by atoms with Gasteiger partial charge in [0.1, 0.15) is 12.3 Å². The van der Waals surface area contributed by atoms with E-state index in [1.807, 2.05) is 0 Å².